The maximum absolute atomic E-state index is 13.2. The number of Topliss-reactive ketones (excluding diaryl/α,β-unsaturated/α-hetero) is 1. The molecule has 2 aromatic carbocycles. The van der Waals surface area contributed by atoms with Crippen LogP contribution >= 0.6 is 15.9 Å². The van der Waals surface area contributed by atoms with E-state index >= 15 is 0 Å². The molecule has 1 atom stereocenters. The average Bonchev–Trinajstić information content (AvgIpc) is 3.10. The molecule has 3 aromatic rings. The number of amides is 1. The molecule has 1 unspecified atom stereocenters. The third-order valence-corrected chi connectivity index (χ3v) is 6.07. The Labute approximate surface area is 205 Å². The lowest BCUT2D eigenvalue weighted by molar-refractivity contribution is -0.140. The van der Waals surface area contributed by atoms with Crippen molar-refractivity contribution in [1.82, 2.24) is 9.88 Å². The highest BCUT2D eigenvalue weighted by molar-refractivity contribution is 9.10. The van der Waals surface area contributed by atoms with Crippen LogP contribution in [0.25, 0.3) is 5.76 Å². The molecule has 8 heteroatoms. The topological polar surface area (TPSA) is 89.0 Å². The Morgan fingerprint density at radius 2 is 1.88 bits per heavy atom. The lowest BCUT2D eigenvalue weighted by Crippen LogP contribution is -2.29. The quantitative estimate of drug-likeness (QED) is 0.270. The van der Waals surface area contributed by atoms with Crippen LogP contribution in [0.2, 0.25) is 0 Å². The summed E-state index contributed by atoms with van der Waals surface area (Å²) in [6.07, 6.45) is 3.28. The number of aromatic nitrogens is 1. The van der Waals surface area contributed by atoms with Gasteiger partial charge >= 0.3 is 0 Å². The number of rotatable bonds is 7. The Bertz CT molecular complexity index is 1240. The van der Waals surface area contributed by atoms with Gasteiger partial charge in [0.15, 0.2) is 11.5 Å². The Morgan fingerprint density at radius 3 is 2.53 bits per heavy atom. The number of nitrogens with zero attached hydrogens (tertiary/aromatic N) is 2. The summed E-state index contributed by atoms with van der Waals surface area (Å²) in [5, 5.41) is 11.2. The molecule has 34 heavy (non-hydrogen) atoms. The highest BCUT2D eigenvalue weighted by atomic mass is 79.9. The predicted octanol–water partition coefficient (Wildman–Crippen LogP) is 4.87. The number of ketones is 1. The second-order valence-electron chi connectivity index (χ2n) is 7.64. The van der Waals surface area contributed by atoms with Crippen LogP contribution in [0.1, 0.15) is 29.7 Å². The third kappa shape index (κ3) is 4.54. The molecule has 1 N–H and O–H groups in total. The molecule has 0 spiro atoms. The number of hydrogen-bond donors (Lipinski definition) is 1. The van der Waals surface area contributed by atoms with E-state index in [1.54, 1.807) is 60.9 Å². The minimum absolute atomic E-state index is 0.0161. The predicted molar refractivity (Wildman–Crippen MR) is 130 cm³/mol. The number of aliphatic hydroxyl groups is 1. The van der Waals surface area contributed by atoms with Gasteiger partial charge < -0.3 is 19.5 Å². The highest BCUT2D eigenvalue weighted by Gasteiger charge is 2.46. The van der Waals surface area contributed by atoms with Crippen molar-refractivity contribution in [2.75, 3.05) is 13.7 Å². The van der Waals surface area contributed by atoms with Gasteiger partial charge in [-0.25, -0.2) is 0 Å². The fourth-order valence-electron chi connectivity index (χ4n) is 3.97. The third-order valence-electron chi connectivity index (χ3n) is 5.54. The van der Waals surface area contributed by atoms with Crippen LogP contribution in [0, 0.1) is 0 Å². The van der Waals surface area contributed by atoms with Crippen LogP contribution in [0.4, 0.5) is 0 Å². The zero-order valence-corrected chi connectivity index (χ0v) is 20.3. The van der Waals surface area contributed by atoms with Gasteiger partial charge in [0.1, 0.15) is 5.76 Å². The van der Waals surface area contributed by atoms with E-state index in [4.69, 9.17) is 9.47 Å². The molecule has 1 aromatic heterocycles. The summed E-state index contributed by atoms with van der Waals surface area (Å²) in [4.78, 5) is 31.9. The van der Waals surface area contributed by atoms with Crippen molar-refractivity contribution >= 4 is 33.4 Å². The van der Waals surface area contributed by atoms with Crippen LogP contribution in [0.5, 0.6) is 11.5 Å². The molecule has 0 aliphatic carbocycles. The molecular formula is C26H23BrN2O5. The lowest BCUT2D eigenvalue weighted by atomic mass is 9.95. The molecule has 1 aliphatic heterocycles. The standard InChI is InChI=1S/C26H23BrN2O5/c1-3-34-20-11-8-18(13-21(20)33-2)23-22(24(30)17-6-9-19(27)10-7-17)25(31)26(32)29(23)15-16-5-4-12-28-14-16/h4-14,23,30H,3,15H2,1-2H3/b24-22-. The molecule has 1 fully saturated rings. The van der Waals surface area contributed by atoms with Crippen molar-refractivity contribution in [1.29, 1.82) is 0 Å². The molecule has 0 bridgehead atoms. The Kier molecular flexibility index (Phi) is 6.98. The molecule has 0 radical (unpaired) electrons. The molecule has 7 nitrogen and oxygen atoms in total. The first-order valence-corrected chi connectivity index (χ1v) is 11.5. The summed E-state index contributed by atoms with van der Waals surface area (Å²) >= 11 is 3.37. The zero-order chi connectivity index (χ0) is 24.2. The van der Waals surface area contributed by atoms with Crippen molar-refractivity contribution in [2.45, 2.75) is 19.5 Å². The molecular weight excluding hydrogens is 500 g/mol. The maximum atomic E-state index is 13.2. The Balaban J connectivity index is 1.88. The first-order chi connectivity index (χ1) is 16.4. The smallest absolute Gasteiger partial charge is 0.295 e. The van der Waals surface area contributed by atoms with E-state index in [-0.39, 0.29) is 17.9 Å². The van der Waals surface area contributed by atoms with Crippen LogP contribution in [0.15, 0.2) is 77.0 Å². The SMILES string of the molecule is CCOc1ccc(C2/C(=C(/O)c3ccc(Br)cc3)C(=O)C(=O)N2Cc2cccnc2)cc1OC. The summed E-state index contributed by atoms with van der Waals surface area (Å²) in [6, 6.07) is 14.9. The van der Waals surface area contributed by atoms with Gasteiger partial charge in [0.05, 0.1) is 25.3 Å². The molecule has 174 valence electrons. The summed E-state index contributed by atoms with van der Waals surface area (Å²) in [5.41, 5.74) is 1.82. The van der Waals surface area contributed by atoms with Gasteiger partial charge in [-0.2, -0.15) is 0 Å². The van der Waals surface area contributed by atoms with Gasteiger partial charge in [-0.1, -0.05) is 40.2 Å². The normalized spacial score (nSPS) is 17.1. The van der Waals surface area contributed by atoms with Crippen molar-refractivity contribution in [3.63, 3.8) is 0 Å². The van der Waals surface area contributed by atoms with Gasteiger partial charge in [-0.05, 0) is 48.4 Å². The number of halogens is 1. The summed E-state index contributed by atoms with van der Waals surface area (Å²) in [7, 11) is 1.52. The fourth-order valence-corrected chi connectivity index (χ4v) is 4.23. The van der Waals surface area contributed by atoms with E-state index in [1.165, 1.54) is 12.0 Å². The fraction of sp³-hybridized carbons (Fsp3) is 0.192. The van der Waals surface area contributed by atoms with Gasteiger partial charge in [-0.3, -0.25) is 14.6 Å². The van der Waals surface area contributed by atoms with E-state index in [0.29, 0.717) is 29.2 Å². The number of likely N-dealkylation sites (tertiary alicyclic amines) is 1. The van der Waals surface area contributed by atoms with Gasteiger partial charge in [0.2, 0.25) is 0 Å². The van der Waals surface area contributed by atoms with E-state index in [1.807, 2.05) is 13.0 Å². The second kappa shape index (κ2) is 10.1. The van der Waals surface area contributed by atoms with Crippen molar-refractivity contribution in [3.05, 3.63) is 93.7 Å². The molecule has 1 saturated heterocycles. The molecule has 4 rings (SSSR count). The molecule has 1 aliphatic rings. The van der Waals surface area contributed by atoms with Crippen LogP contribution < -0.4 is 9.47 Å². The van der Waals surface area contributed by atoms with Crippen molar-refractivity contribution < 1.29 is 24.2 Å². The molecule has 1 amide bonds. The van der Waals surface area contributed by atoms with Crippen molar-refractivity contribution in [2.24, 2.45) is 0 Å². The van der Waals surface area contributed by atoms with Crippen LogP contribution in [-0.2, 0) is 16.1 Å². The summed E-state index contributed by atoms with van der Waals surface area (Å²) in [6.45, 7) is 2.48. The largest absolute Gasteiger partial charge is 0.507 e. The molecule has 2 heterocycles. The van der Waals surface area contributed by atoms with E-state index in [2.05, 4.69) is 20.9 Å². The van der Waals surface area contributed by atoms with Crippen LogP contribution in [0.3, 0.4) is 0 Å². The number of pyridine rings is 1. The second-order valence-corrected chi connectivity index (χ2v) is 8.55. The maximum Gasteiger partial charge on any atom is 0.295 e. The van der Waals surface area contributed by atoms with Gasteiger partial charge in [0.25, 0.3) is 11.7 Å². The minimum atomic E-state index is -0.826. The van der Waals surface area contributed by atoms with E-state index in [0.717, 1.165) is 10.0 Å². The number of carbonyl (C=O) groups excluding carboxylic acids is 2. The number of carbonyl (C=O) groups is 2. The zero-order valence-electron chi connectivity index (χ0n) is 18.7. The highest BCUT2D eigenvalue weighted by Crippen LogP contribution is 2.42. The Morgan fingerprint density at radius 1 is 1.12 bits per heavy atom. The van der Waals surface area contributed by atoms with E-state index < -0.39 is 17.7 Å². The number of benzene rings is 2. The Hall–Kier alpha value is -3.65. The number of hydrogen-bond acceptors (Lipinski definition) is 6. The lowest BCUT2D eigenvalue weighted by Gasteiger charge is -2.26. The van der Waals surface area contributed by atoms with Gasteiger partial charge in [0, 0.05) is 29.0 Å². The number of ether oxygens (including phenoxy) is 2. The first kappa shape index (κ1) is 23.5. The number of aliphatic hydroxyl groups excluding tert-OH is 1. The molecule has 0 saturated carbocycles. The van der Waals surface area contributed by atoms with Crippen LogP contribution in [-0.4, -0.2) is 40.4 Å². The van der Waals surface area contributed by atoms with Crippen molar-refractivity contribution in [3.8, 4) is 11.5 Å². The number of methoxy groups -OCH3 is 1. The minimum Gasteiger partial charge on any atom is -0.507 e. The summed E-state index contributed by atoms with van der Waals surface area (Å²) < 4.78 is 11.9. The summed E-state index contributed by atoms with van der Waals surface area (Å²) in [5.74, 6) is -0.666. The monoisotopic (exact) mass is 522 g/mol. The van der Waals surface area contributed by atoms with E-state index in [9.17, 15) is 14.7 Å². The average molecular weight is 523 g/mol. The van der Waals surface area contributed by atoms with Gasteiger partial charge in [-0.15, -0.1) is 0 Å². The first-order valence-electron chi connectivity index (χ1n) is 10.7.